The smallest absolute Gasteiger partial charge is 0.0338 e. The third-order valence-corrected chi connectivity index (χ3v) is 3.79. The molecule has 106 valence electrons. The molecule has 0 radical (unpaired) electrons. The molecule has 0 aliphatic rings. The number of hydrogen-bond donors (Lipinski definition) is 1. The van der Waals surface area contributed by atoms with Crippen molar-refractivity contribution in [2.24, 2.45) is 11.1 Å². The Morgan fingerprint density at radius 2 is 1.56 bits per heavy atom. The molecular weight excluding hydrogens is 220 g/mol. The van der Waals surface area contributed by atoms with E-state index in [0.29, 0.717) is 0 Å². The Balaban J connectivity index is 4.79. The molecule has 0 saturated heterocycles. The molecule has 2 unspecified atom stereocenters. The van der Waals surface area contributed by atoms with Crippen molar-refractivity contribution in [3.63, 3.8) is 0 Å². The van der Waals surface area contributed by atoms with Crippen LogP contribution in [0.4, 0.5) is 0 Å². The van der Waals surface area contributed by atoms with Crippen molar-refractivity contribution in [2.45, 2.75) is 72.9 Å². The number of nitrogens with two attached hydrogens (primary N) is 1. The predicted molar refractivity (Wildman–Crippen MR) is 81.4 cm³/mol. The van der Waals surface area contributed by atoms with Crippen LogP contribution in [-0.2, 0) is 0 Å². The van der Waals surface area contributed by atoms with E-state index in [4.69, 9.17) is 5.73 Å². The molecule has 0 aliphatic heterocycles. The van der Waals surface area contributed by atoms with Crippen molar-refractivity contribution in [1.82, 2.24) is 4.90 Å². The largest absolute Gasteiger partial charge is 0.325 e. The van der Waals surface area contributed by atoms with E-state index >= 15 is 0 Å². The van der Waals surface area contributed by atoms with Gasteiger partial charge >= 0.3 is 0 Å². The molecule has 2 heteroatoms. The normalized spacial score (nSPS) is 16.9. The molecule has 0 rings (SSSR count). The second-order valence-electron chi connectivity index (χ2n) is 6.25. The zero-order valence-corrected chi connectivity index (χ0v) is 13.4. The molecule has 0 bridgehead atoms. The molecule has 2 atom stereocenters. The van der Waals surface area contributed by atoms with Gasteiger partial charge in [-0.25, -0.2) is 0 Å². The quantitative estimate of drug-likeness (QED) is 0.735. The minimum Gasteiger partial charge on any atom is -0.325 e. The van der Waals surface area contributed by atoms with Crippen molar-refractivity contribution in [1.29, 1.82) is 0 Å². The molecule has 0 aromatic carbocycles. The van der Waals surface area contributed by atoms with Crippen LogP contribution in [0.2, 0.25) is 0 Å². The van der Waals surface area contributed by atoms with E-state index in [-0.39, 0.29) is 17.0 Å². The molecule has 2 nitrogen and oxygen atoms in total. The Labute approximate surface area is 114 Å². The van der Waals surface area contributed by atoms with Crippen molar-refractivity contribution >= 4 is 0 Å². The first kappa shape index (κ1) is 17.5. The maximum Gasteiger partial charge on any atom is 0.0338 e. The number of nitrogens with zero attached hydrogens (tertiary/aromatic N) is 1. The SMILES string of the molecule is CCN(CC)C(C)(CC)C(N)CC#CC(C)(C)C. The molecule has 0 spiro atoms. The maximum absolute atomic E-state index is 6.40. The van der Waals surface area contributed by atoms with Gasteiger partial charge in [-0.1, -0.05) is 26.7 Å². The molecule has 2 N–H and O–H groups in total. The van der Waals surface area contributed by atoms with Crippen LogP contribution >= 0.6 is 0 Å². The van der Waals surface area contributed by atoms with Crippen molar-refractivity contribution < 1.29 is 0 Å². The standard InChI is InChI=1S/C16H32N2/c1-8-16(7,18(9-2)10-3)14(17)12-11-13-15(4,5)6/h14H,8-10,12,17H2,1-7H3. The van der Waals surface area contributed by atoms with Crippen LogP contribution in [-0.4, -0.2) is 29.6 Å². The maximum atomic E-state index is 6.40. The van der Waals surface area contributed by atoms with E-state index in [0.717, 1.165) is 25.9 Å². The average Bonchev–Trinajstić information content (AvgIpc) is 2.28. The Bertz CT molecular complexity index is 288. The highest BCUT2D eigenvalue weighted by atomic mass is 15.2. The summed E-state index contributed by atoms with van der Waals surface area (Å²) in [5.74, 6) is 6.54. The van der Waals surface area contributed by atoms with Crippen molar-refractivity contribution in [2.75, 3.05) is 13.1 Å². The molecular formula is C16H32N2. The van der Waals surface area contributed by atoms with Gasteiger partial charge in [0.2, 0.25) is 0 Å². The van der Waals surface area contributed by atoms with Gasteiger partial charge in [0.15, 0.2) is 0 Å². The van der Waals surface area contributed by atoms with Gasteiger partial charge in [0.05, 0.1) is 0 Å². The number of likely N-dealkylation sites (N-methyl/N-ethyl adjacent to an activating group) is 1. The summed E-state index contributed by atoms with van der Waals surface area (Å²) in [6.07, 6.45) is 1.84. The topological polar surface area (TPSA) is 29.3 Å². The van der Waals surface area contributed by atoms with E-state index in [1.807, 2.05) is 0 Å². The highest BCUT2D eigenvalue weighted by Gasteiger charge is 2.34. The molecule has 0 aromatic rings. The lowest BCUT2D eigenvalue weighted by Gasteiger charge is -2.43. The summed E-state index contributed by atoms with van der Waals surface area (Å²) in [5, 5.41) is 0. The number of hydrogen-bond acceptors (Lipinski definition) is 2. The fraction of sp³-hybridized carbons (Fsp3) is 0.875. The molecule has 0 saturated carbocycles. The summed E-state index contributed by atoms with van der Waals surface area (Å²) in [6, 6.07) is 0.109. The summed E-state index contributed by atoms with van der Waals surface area (Å²) in [5.41, 5.74) is 6.52. The zero-order valence-electron chi connectivity index (χ0n) is 13.4. The van der Waals surface area contributed by atoms with Crippen LogP contribution in [0.25, 0.3) is 0 Å². The first-order valence-corrected chi connectivity index (χ1v) is 7.21. The lowest BCUT2D eigenvalue weighted by Crippen LogP contribution is -2.57. The van der Waals surface area contributed by atoms with Crippen LogP contribution in [0.5, 0.6) is 0 Å². The summed E-state index contributed by atoms with van der Waals surface area (Å²) < 4.78 is 0. The van der Waals surface area contributed by atoms with E-state index < -0.39 is 0 Å². The van der Waals surface area contributed by atoms with E-state index in [1.54, 1.807) is 0 Å². The van der Waals surface area contributed by atoms with Crippen LogP contribution < -0.4 is 5.73 Å². The van der Waals surface area contributed by atoms with Gasteiger partial charge in [0, 0.05) is 23.4 Å². The average molecular weight is 252 g/mol. The van der Waals surface area contributed by atoms with Gasteiger partial charge in [-0.05, 0) is 47.2 Å². The highest BCUT2D eigenvalue weighted by Crippen LogP contribution is 2.24. The molecule has 0 aliphatic carbocycles. The summed E-state index contributed by atoms with van der Waals surface area (Å²) in [7, 11) is 0. The predicted octanol–water partition coefficient (Wildman–Crippen LogP) is 3.26. The van der Waals surface area contributed by atoms with E-state index in [1.165, 1.54) is 0 Å². The Morgan fingerprint density at radius 1 is 1.06 bits per heavy atom. The highest BCUT2D eigenvalue weighted by molar-refractivity contribution is 5.10. The van der Waals surface area contributed by atoms with Gasteiger partial charge in [0.25, 0.3) is 0 Å². The molecule has 0 heterocycles. The third-order valence-electron chi connectivity index (χ3n) is 3.79. The van der Waals surface area contributed by atoms with Gasteiger partial charge in [0.1, 0.15) is 0 Å². The van der Waals surface area contributed by atoms with Gasteiger partial charge < -0.3 is 5.73 Å². The Hall–Kier alpha value is -0.520. The minimum atomic E-state index is 0.0517. The van der Waals surface area contributed by atoms with Gasteiger partial charge in [-0.15, -0.1) is 5.92 Å². The first-order chi connectivity index (χ1) is 8.21. The zero-order chi connectivity index (χ0) is 14.4. The molecule has 0 amide bonds. The van der Waals surface area contributed by atoms with Crippen LogP contribution in [0.1, 0.15) is 61.3 Å². The summed E-state index contributed by atoms with van der Waals surface area (Å²) in [6.45, 7) is 17.4. The van der Waals surface area contributed by atoms with E-state index in [9.17, 15) is 0 Å². The summed E-state index contributed by atoms with van der Waals surface area (Å²) in [4.78, 5) is 2.45. The van der Waals surface area contributed by atoms with E-state index in [2.05, 4.69) is 65.2 Å². The summed E-state index contributed by atoms with van der Waals surface area (Å²) >= 11 is 0. The lowest BCUT2D eigenvalue weighted by molar-refractivity contribution is 0.0860. The molecule has 0 fully saturated rings. The molecule has 18 heavy (non-hydrogen) atoms. The third kappa shape index (κ3) is 5.00. The second-order valence-corrected chi connectivity index (χ2v) is 6.25. The minimum absolute atomic E-state index is 0.0517. The van der Waals surface area contributed by atoms with Crippen LogP contribution in [0.3, 0.4) is 0 Å². The van der Waals surface area contributed by atoms with Crippen LogP contribution in [0, 0.1) is 17.3 Å². The van der Waals surface area contributed by atoms with Crippen molar-refractivity contribution in [3.05, 3.63) is 0 Å². The first-order valence-electron chi connectivity index (χ1n) is 7.21. The number of rotatable bonds is 6. The Kier molecular flexibility index (Phi) is 6.96. The second kappa shape index (κ2) is 7.16. The molecule has 0 aromatic heterocycles. The fourth-order valence-corrected chi connectivity index (χ4v) is 2.31. The van der Waals surface area contributed by atoms with Gasteiger partial charge in [-0.3, -0.25) is 4.90 Å². The monoisotopic (exact) mass is 252 g/mol. The van der Waals surface area contributed by atoms with Gasteiger partial charge in [-0.2, -0.15) is 0 Å². The van der Waals surface area contributed by atoms with Crippen molar-refractivity contribution in [3.8, 4) is 11.8 Å². The fourth-order valence-electron chi connectivity index (χ4n) is 2.31. The Morgan fingerprint density at radius 3 is 1.89 bits per heavy atom. The van der Waals surface area contributed by atoms with Crippen LogP contribution in [0.15, 0.2) is 0 Å². The lowest BCUT2D eigenvalue weighted by atomic mass is 9.85.